The topological polar surface area (TPSA) is 88.3 Å². The van der Waals surface area contributed by atoms with Crippen LogP contribution in [0.1, 0.15) is 22.8 Å². The lowest BCUT2D eigenvalue weighted by atomic mass is 10.0. The number of halogens is 1. The summed E-state index contributed by atoms with van der Waals surface area (Å²) in [5, 5.41) is 3.16. The van der Waals surface area contributed by atoms with Gasteiger partial charge in [-0.2, -0.15) is 0 Å². The van der Waals surface area contributed by atoms with E-state index in [2.05, 4.69) is 26.2 Å². The number of aromatic nitrogens is 1. The summed E-state index contributed by atoms with van der Waals surface area (Å²) in [6.07, 6.45) is 1.73. The summed E-state index contributed by atoms with van der Waals surface area (Å²) < 4.78 is 5.85. The number of esters is 1. The van der Waals surface area contributed by atoms with E-state index in [1.807, 2.05) is 42.5 Å². The molecule has 144 valence electrons. The zero-order valence-electron chi connectivity index (χ0n) is 15.2. The second-order valence-electron chi connectivity index (χ2n) is 6.19. The van der Waals surface area contributed by atoms with E-state index in [1.165, 1.54) is 6.20 Å². The van der Waals surface area contributed by atoms with Crippen LogP contribution in [0.5, 0.6) is 0 Å². The van der Waals surface area contributed by atoms with Gasteiger partial charge in [0.05, 0.1) is 12.2 Å². The van der Waals surface area contributed by atoms with Gasteiger partial charge in [-0.1, -0.05) is 46.3 Å². The van der Waals surface area contributed by atoms with E-state index in [9.17, 15) is 14.4 Å². The molecule has 0 aliphatic rings. The molecule has 1 aromatic heterocycles. The Morgan fingerprint density at radius 2 is 1.89 bits per heavy atom. The Kier molecular flexibility index (Phi) is 6.26. The fourth-order valence-corrected chi connectivity index (χ4v) is 3.27. The summed E-state index contributed by atoms with van der Waals surface area (Å²) in [5.74, 6) is -2.14. The number of carbonyl (C=O) groups is 3. The number of hydrogen-bond donors (Lipinski definition) is 2. The Labute approximate surface area is 170 Å². The molecule has 28 heavy (non-hydrogen) atoms. The quantitative estimate of drug-likeness (QED) is 0.333. The first-order valence-electron chi connectivity index (χ1n) is 8.82. The molecule has 0 fully saturated rings. The zero-order chi connectivity index (χ0) is 20.1. The van der Waals surface area contributed by atoms with Crippen molar-refractivity contribution in [2.24, 2.45) is 0 Å². The van der Waals surface area contributed by atoms with Crippen LogP contribution in [0, 0.1) is 0 Å². The van der Waals surface area contributed by atoms with Gasteiger partial charge in [-0.05, 0) is 30.7 Å². The lowest BCUT2D eigenvalue weighted by Crippen LogP contribution is -2.46. The van der Waals surface area contributed by atoms with Crippen molar-refractivity contribution in [3.8, 4) is 0 Å². The summed E-state index contributed by atoms with van der Waals surface area (Å²) in [5.41, 5.74) is 1.84. The second kappa shape index (κ2) is 8.84. The molecule has 1 heterocycles. The minimum atomic E-state index is -0.948. The van der Waals surface area contributed by atoms with Crippen LogP contribution < -0.4 is 5.32 Å². The number of Topliss-reactive ketones (excluding diaryl/α,β-unsaturated/α-hetero) is 1. The number of hydrogen-bond acceptors (Lipinski definition) is 4. The van der Waals surface area contributed by atoms with E-state index in [0.717, 1.165) is 15.6 Å². The van der Waals surface area contributed by atoms with Gasteiger partial charge in [-0.15, -0.1) is 0 Å². The van der Waals surface area contributed by atoms with Crippen LogP contribution in [-0.4, -0.2) is 35.3 Å². The number of ether oxygens (including phenoxy) is 1. The molecule has 0 aliphatic carbocycles. The molecule has 7 heteroatoms. The fourth-order valence-electron chi connectivity index (χ4n) is 2.91. The molecule has 0 aliphatic heterocycles. The monoisotopic (exact) mass is 442 g/mol. The van der Waals surface area contributed by atoms with Gasteiger partial charge in [-0.25, -0.2) is 4.79 Å². The lowest BCUT2D eigenvalue weighted by molar-refractivity contribution is -0.146. The molecular weight excluding hydrogens is 424 g/mol. The highest BCUT2D eigenvalue weighted by Crippen LogP contribution is 2.23. The summed E-state index contributed by atoms with van der Waals surface area (Å²) in [4.78, 5) is 40.5. The van der Waals surface area contributed by atoms with Crippen LogP contribution >= 0.6 is 15.9 Å². The van der Waals surface area contributed by atoms with E-state index in [-0.39, 0.29) is 18.6 Å². The molecule has 0 radical (unpaired) electrons. The molecule has 6 nitrogen and oxygen atoms in total. The van der Waals surface area contributed by atoms with Gasteiger partial charge < -0.3 is 15.0 Å². The minimum Gasteiger partial charge on any atom is -0.464 e. The summed E-state index contributed by atoms with van der Waals surface area (Å²) in [6, 6.07) is 13.7. The summed E-state index contributed by atoms with van der Waals surface area (Å²) in [7, 11) is 0. The maximum atomic E-state index is 12.7. The van der Waals surface area contributed by atoms with Crippen LogP contribution in [0.3, 0.4) is 0 Å². The molecule has 0 saturated heterocycles. The third kappa shape index (κ3) is 4.48. The standard InChI is InChI=1S/C21H19BrN2O4/c1-2-28-21(27)18(10-13-6-4-3-5-7-13)24-20(26)19(25)16-12-23-17-9-8-14(22)11-15(16)17/h3-9,11-12,18,23H,2,10H2,1H3,(H,24,26)/t18-/m1/s1. The fraction of sp³-hybridized carbons (Fsp3) is 0.190. The van der Waals surface area contributed by atoms with Crippen molar-refractivity contribution in [2.45, 2.75) is 19.4 Å². The van der Waals surface area contributed by atoms with Gasteiger partial charge in [0.25, 0.3) is 11.7 Å². The second-order valence-corrected chi connectivity index (χ2v) is 7.10. The highest BCUT2D eigenvalue weighted by atomic mass is 79.9. The van der Waals surface area contributed by atoms with Crippen LogP contribution in [0.2, 0.25) is 0 Å². The first-order chi connectivity index (χ1) is 13.5. The van der Waals surface area contributed by atoms with Crippen LogP contribution in [0.15, 0.2) is 59.2 Å². The molecular formula is C21H19BrN2O4. The number of aromatic amines is 1. The van der Waals surface area contributed by atoms with Crippen molar-refractivity contribution >= 4 is 44.5 Å². The number of ketones is 1. The largest absolute Gasteiger partial charge is 0.464 e. The summed E-state index contributed by atoms with van der Waals surface area (Å²) in [6.45, 7) is 1.87. The van der Waals surface area contributed by atoms with Crippen molar-refractivity contribution in [1.82, 2.24) is 10.3 Å². The Bertz CT molecular complexity index is 1010. The Balaban J connectivity index is 1.81. The number of fused-ring (bicyclic) bond motifs is 1. The number of rotatable bonds is 7. The van der Waals surface area contributed by atoms with Gasteiger partial charge in [0.1, 0.15) is 6.04 Å². The van der Waals surface area contributed by atoms with E-state index in [1.54, 1.807) is 13.0 Å². The molecule has 2 N–H and O–H groups in total. The third-order valence-corrected chi connectivity index (χ3v) is 4.75. The van der Waals surface area contributed by atoms with Crippen molar-refractivity contribution in [3.63, 3.8) is 0 Å². The molecule has 0 spiro atoms. The van der Waals surface area contributed by atoms with Gasteiger partial charge >= 0.3 is 5.97 Å². The smallest absolute Gasteiger partial charge is 0.328 e. The van der Waals surface area contributed by atoms with Crippen molar-refractivity contribution in [1.29, 1.82) is 0 Å². The Morgan fingerprint density at radius 1 is 1.14 bits per heavy atom. The number of carbonyl (C=O) groups excluding carboxylic acids is 3. The number of H-pyrrole nitrogens is 1. The highest BCUT2D eigenvalue weighted by molar-refractivity contribution is 9.10. The Hall–Kier alpha value is -2.93. The van der Waals surface area contributed by atoms with E-state index in [4.69, 9.17) is 4.74 Å². The van der Waals surface area contributed by atoms with Gasteiger partial charge in [0, 0.05) is 28.0 Å². The average molecular weight is 443 g/mol. The molecule has 0 bridgehead atoms. The van der Waals surface area contributed by atoms with Crippen molar-refractivity contribution in [3.05, 3.63) is 70.3 Å². The molecule has 3 rings (SSSR count). The summed E-state index contributed by atoms with van der Waals surface area (Å²) >= 11 is 3.36. The number of nitrogens with one attached hydrogen (secondary N) is 2. The van der Waals surface area contributed by atoms with Crippen molar-refractivity contribution in [2.75, 3.05) is 6.61 Å². The van der Waals surface area contributed by atoms with Gasteiger partial charge in [0.15, 0.2) is 0 Å². The first kappa shape index (κ1) is 19.8. The molecule has 1 amide bonds. The van der Waals surface area contributed by atoms with Crippen LogP contribution in [0.25, 0.3) is 10.9 Å². The SMILES string of the molecule is CCOC(=O)[C@@H](Cc1ccccc1)NC(=O)C(=O)c1c[nH]c2ccc(Br)cc12. The van der Waals surface area contributed by atoms with Gasteiger partial charge in [-0.3, -0.25) is 9.59 Å². The predicted molar refractivity (Wildman–Crippen MR) is 109 cm³/mol. The van der Waals surface area contributed by atoms with E-state index >= 15 is 0 Å². The Morgan fingerprint density at radius 3 is 2.61 bits per heavy atom. The zero-order valence-corrected chi connectivity index (χ0v) is 16.8. The third-order valence-electron chi connectivity index (χ3n) is 4.25. The lowest BCUT2D eigenvalue weighted by Gasteiger charge is -2.17. The van der Waals surface area contributed by atoms with Gasteiger partial charge in [0.2, 0.25) is 0 Å². The van der Waals surface area contributed by atoms with Crippen LogP contribution in [0.4, 0.5) is 0 Å². The predicted octanol–water partition coefficient (Wildman–Crippen LogP) is 3.40. The van der Waals surface area contributed by atoms with E-state index < -0.39 is 23.7 Å². The number of benzene rings is 2. The van der Waals surface area contributed by atoms with Crippen LogP contribution in [-0.2, 0) is 20.7 Å². The highest BCUT2D eigenvalue weighted by Gasteiger charge is 2.27. The molecule has 2 aromatic carbocycles. The maximum Gasteiger partial charge on any atom is 0.328 e. The molecule has 3 aromatic rings. The maximum absolute atomic E-state index is 12.7. The first-order valence-corrected chi connectivity index (χ1v) is 9.61. The average Bonchev–Trinajstić information content (AvgIpc) is 3.10. The molecule has 0 unspecified atom stereocenters. The normalized spacial score (nSPS) is 11.8. The number of amides is 1. The minimum absolute atomic E-state index is 0.185. The van der Waals surface area contributed by atoms with E-state index in [0.29, 0.717) is 5.39 Å². The van der Waals surface area contributed by atoms with Crippen molar-refractivity contribution < 1.29 is 19.1 Å². The molecule has 1 atom stereocenters. The molecule has 0 saturated carbocycles.